The number of aliphatic hydroxyl groups excluding tert-OH is 2. The highest BCUT2D eigenvalue weighted by atomic mass is 16.8. The van der Waals surface area contributed by atoms with Crippen LogP contribution in [-0.2, 0) is 57.0 Å². The SMILES string of the molecule is C/C=C(\C)C(=O)O[C@@H]1CC2C(CC=C3C[C@@H](O[C@H]4C[C@@H](OC)[C@@H](O[C@H]5C[C@@H](OC)[C@@H](O[C@@H]6OC(C)[C@H](O)[C@H](OC)C6O)C(C)O5)C(C)O4)CC[C@@]32C)[C@@]2(O)CC[C@H](C(C)=O)[C@@]12C. The smallest absolute Gasteiger partial charge is 0.333 e. The van der Waals surface area contributed by atoms with E-state index in [4.69, 9.17) is 47.4 Å². The summed E-state index contributed by atoms with van der Waals surface area (Å²) in [6, 6.07) is 0. The van der Waals surface area contributed by atoms with E-state index in [1.165, 1.54) is 12.7 Å². The van der Waals surface area contributed by atoms with Crippen LogP contribution in [0.2, 0.25) is 0 Å². The molecule has 15 nitrogen and oxygen atoms in total. The lowest BCUT2D eigenvalue weighted by Crippen LogP contribution is -2.66. The molecule has 3 aliphatic heterocycles. The second kappa shape index (κ2) is 18.8. The quantitative estimate of drug-likeness (QED) is 0.139. The molecular weight excluding hydrogens is 805 g/mol. The fraction of sp³-hybridized carbons (Fsp3) is 0.872. The number of Topliss-reactive ketones (excluding diaryl/α,β-unsaturated/α-hetero) is 1. The van der Waals surface area contributed by atoms with Gasteiger partial charge in [-0.3, -0.25) is 4.79 Å². The molecular formula is C47H74O15. The Morgan fingerprint density at radius 2 is 1.40 bits per heavy atom. The van der Waals surface area contributed by atoms with E-state index in [1.807, 2.05) is 27.7 Å². The number of carbonyl (C=O) groups excluding carboxylic acids is 2. The molecule has 62 heavy (non-hydrogen) atoms. The number of ether oxygens (including phenoxy) is 10. The van der Waals surface area contributed by atoms with E-state index in [-0.39, 0.29) is 41.2 Å². The van der Waals surface area contributed by atoms with Crippen molar-refractivity contribution in [3.05, 3.63) is 23.3 Å². The molecule has 0 amide bonds. The average Bonchev–Trinajstić information content (AvgIpc) is 3.53. The van der Waals surface area contributed by atoms with Gasteiger partial charge in [-0.15, -0.1) is 0 Å². The number of hydrogen-bond donors (Lipinski definition) is 3. The normalized spacial score (nSPS) is 49.6. The summed E-state index contributed by atoms with van der Waals surface area (Å²) in [7, 11) is 4.68. The summed E-state index contributed by atoms with van der Waals surface area (Å²) in [4.78, 5) is 26.4. The highest BCUT2D eigenvalue weighted by Gasteiger charge is 2.71. The van der Waals surface area contributed by atoms with Crippen LogP contribution in [0.1, 0.15) is 113 Å². The molecule has 352 valence electrons. The summed E-state index contributed by atoms with van der Waals surface area (Å²) < 4.78 is 61.8. The van der Waals surface area contributed by atoms with Crippen LogP contribution in [0.4, 0.5) is 0 Å². The minimum absolute atomic E-state index is 0.0391. The van der Waals surface area contributed by atoms with E-state index in [9.17, 15) is 24.9 Å². The second-order valence-electron chi connectivity index (χ2n) is 19.8. The van der Waals surface area contributed by atoms with Gasteiger partial charge in [0.2, 0.25) is 0 Å². The Kier molecular flexibility index (Phi) is 14.6. The molecule has 6 fully saturated rings. The molecule has 15 heteroatoms. The number of methoxy groups -OCH3 is 3. The van der Waals surface area contributed by atoms with Crippen LogP contribution in [0, 0.1) is 28.6 Å². The maximum Gasteiger partial charge on any atom is 0.333 e. The zero-order chi connectivity index (χ0) is 45.1. The van der Waals surface area contributed by atoms with Crippen LogP contribution in [0.25, 0.3) is 0 Å². The Bertz CT molecular complexity index is 1670. The first-order valence-corrected chi connectivity index (χ1v) is 23.0. The Labute approximate surface area is 367 Å². The van der Waals surface area contributed by atoms with Crippen LogP contribution in [0.15, 0.2) is 23.3 Å². The molecule has 3 saturated heterocycles. The predicted molar refractivity (Wildman–Crippen MR) is 223 cm³/mol. The van der Waals surface area contributed by atoms with E-state index in [2.05, 4.69) is 13.0 Å². The van der Waals surface area contributed by atoms with Crippen molar-refractivity contribution in [1.82, 2.24) is 0 Å². The van der Waals surface area contributed by atoms with Gasteiger partial charge < -0.3 is 62.7 Å². The first-order chi connectivity index (χ1) is 29.3. The van der Waals surface area contributed by atoms with Gasteiger partial charge in [-0.05, 0) is 104 Å². The molecule has 0 aromatic carbocycles. The molecule has 4 aliphatic carbocycles. The minimum Gasteiger partial charge on any atom is -0.458 e. The molecule has 3 saturated carbocycles. The summed E-state index contributed by atoms with van der Waals surface area (Å²) in [5.41, 5.74) is -0.439. The second-order valence-corrected chi connectivity index (χ2v) is 19.8. The van der Waals surface area contributed by atoms with Crippen LogP contribution in [0.3, 0.4) is 0 Å². The van der Waals surface area contributed by atoms with E-state index in [0.29, 0.717) is 44.1 Å². The van der Waals surface area contributed by atoms with Crippen LogP contribution in [0.5, 0.6) is 0 Å². The zero-order valence-corrected chi connectivity index (χ0v) is 38.7. The lowest BCUT2D eigenvalue weighted by Gasteiger charge is -2.63. The van der Waals surface area contributed by atoms with Crippen molar-refractivity contribution < 1.29 is 72.3 Å². The lowest BCUT2D eigenvalue weighted by atomic mass is 9.45. The van der Waals surface area contributed by atoms with Crippen LogP contribution >= 0.6 is 0 Å². The summed E-state index contributed by atoms with van der Waals surface area (Å²) in [6.07, 6.45) is 0.173. The van der Waals surface area contributed by atoms with Crippen LogP contribution < -0.4 is 0 Å². The number of hydrogen-bond acceptors (Lipinski definition) is 15. The standard InChI is InChI=1S/C47H74O15/c1-12-23(2)43(51)60-35-20-32-31(47(52)18-16-30(24(3)48)46(35,47)8)14-13-28-19-29(15-17-45(28,32)7)59-36-21-33(53-9)40(26(5)56-36)61-37-22-34(54-10)41(27(6)57-37)62-44-39(50)42(55-11)38(49)25(4)58-44/h12-13,25-27,29-42,44,49-50,52H,14-22H2,1-11H3/b23-12+/t25?,26?,27?,29-,30+,31?,32?,33+,34+,35+,36-,37-,38-,39?,40-,41-,42-,44-,45-,46-,47-/m0/s1. The molecule has 3 heterocycles. The van der Waals surface area contributed by atoms with E-state index in [0.717, 1.165) is 19.3 Å². The lowest BCUT2D eigenvalue weighted by molar-refractivity contribution is -0.352. The summed E-state index contributed by atoms with van der Waals surface area (Å²) in [6.45, 7) is 15.0. The third-order valence-corrected chi connectivity index (χ3v) is 16.6. The van der Waals surface area contributed by atoms with Gasteiger partial charge >= 0.3 is 5.97 Å². The number of aliphatic hydroxyl groups is 3. The summed E-state index contributed by atoms with van der Waals surface area (Å²) in [5.74, 6) is -0.727. The van der Waals surface area contributed by atoms with Crippen LogP contribution in [-0.4, -0.2) is 146 Å². The first kappa shape index (κ1) is 48.1. The topological polar surface area (TPSA) is 187 Å². The molecule has 21 atom stereocenters. The summed E-state index contributed by atoms with van der Waals surface area (Å²) >= 11 is 0. The van der Waals surface area contributed by atoms with Gasteiger partial charge in [-0.2, -0.15) is 0 Å². The Balaban J connectivity index is 0.980. The highest BCUT2D eigenvalue weighted by Crippen LogP contribution is 2.68. The van der Waals surface area contributed by atoms with Gasteiger partial charge in [0, 0.05) is 51.1 Å². The molecule has 7 rings (SSSR count). The third kappa shape index (κ3) is 8.42. The number of carbonyl (C=O) groups is 2. The van der Waals surface area contributed by atoms with E-state index < -0.39 is 96.9 Å². The van der Waals surface area contributed by atoms with E-state index in [1.54, 1.807) is 41.1 Å². The number of ketones is 1. The monoisotopic (exact) mass is 879 g/mol. The predicted octanol–water partition coefficient (Wildman–Crippen LogP) is 4.69. The Morgan fingerprint density at radius 1 is 0.774 bits per heavy atom. The van der Waals surface area contributed by atoms with Gasteiger partial charge in [-0.25, -0.2) is 4.79 Å². The van der Waals surface area contributed by atoms with Crippen molar-refractivity contribution in [2.45, 2.75) is 211 Å². The number of allylic oxidation sites excluding steroid dienone is 2. The van der Waals surface area contributed by atoms with Gasteiger partial charge in [0.15, 0.2) is 18.9 Å². The maximum atomic E-state index is 13.3. The zero-order valence-electron chi connectivity index (χ0n) is 38.7. The molecule has 0 radical (unpaired) electrons. The Morgan fingerprint density at radius 3 is 2.00 bits per heavy atom. The minimum atomic E-state index is -1.22. The Hall–Kier alpha value is -1.86. The van der Waals surface area contributed by atoms with Crippen molar-refractivity contribution in [1.29, 1.82) is 0 Å². The number of rotatable bonds is 12. The maximum absolute atomic E-state index is 13.3. The van der Waals surface area contributed by atoms with Gasteiger partial charge in [-0.1, -0.05) is 31.6 Å². The molecule has 0 aromatic heterocycles. The largest absolute Gasteiger partial charge is 0.458 e. The molecule has 0 aromatic rings. The number of fused-ring (bicyclic) bond motifs is 5. The van der Waals surface area contributed by atoms with Crippen molar-refractivity contribution in [3.63, 3.8) is 0 Å². The first-order valence-electron chi connectivity index (χ1n) is 23.0. The van der Waals surface area contributed by atoms with Gasteiger partial charge in [0.1, 0.15) is 42.4 Å². The third-order valence-electron chi connectivity index (χ3n) is 16.6. The average molecular weight is 879 g/mol. The molecule has 0 spiro atoms. The fourth-order valence-corrected chi connectivity index (χ4v) is 12.8. The molecule has 6 unspecified atom stereocenters. The van der Waals surface area contributed by atoms with Crippen molar-refractivity contribution in [3.8, 4) is 0 Å². The summed E-state index contributed by atoms with van der Waals surface area (Å²) in [5, 5.41) is 34.1. The van der Waals surface area contributed by atoms with Gasteiger partial charge in [0.05, 0.1) is 42.2 Å². The molecule has 0 bridgehead atoms. The molecule has 7 aliphatic rings. The van der Waals surface area contributed by atoms with Crippen molar-refractivity contribution in [2.24, 2.45) is 28.6 Å². The van der Waals surface area contributed by atoms with Gasteiger partial charge in [0.25, 0.3) is 0 Å². The highest BCUT2D eigenvalue weighted by molar-refractivity contribution is 5.88. The molecule has 3 N–H and O–H groups in total. The van der Waals surface area contributed by atoms with Crippen molar-refractivity contribution >= 4 is 11.8 Å². The fourth-order valence-electron chi connectivity index (χ4n) is 12.8. The van der Waals surface area contributed by atoms with Crippen molar-refractivity contribution in [2.75, 3.05) is 21.3 Å². The van der Waals surface area contributed by atoms with E-state index >= 15 is 0 Å². The number of esters is 1.